The largest absolute Gasteiger partial charge is 0.452 e. The Balaban J connectivity index is 1.54. The van der Waals surface area contributed by atoms with Crippen molar-refractivity contribution in [2.75, 3.05) is 6.54 Å². The zero-order valence-corrected chi connectivity index (χ0v) is 16.8. The Morgan fingerprint density at radius 1 is 1.23 bits per heavy atom. The normalized spacial score (nSPS) is 16.7. The van der Waals surface area contributed by atoms with Gasteiger partial charge in [0, 0.05) is 48.6 Å². The van der Waals surface area contributed by atoms with E-state index in [2.05, 4.69) is 9.72 Å². The molecule has 1 unspecified atom stereocenters. The van der Waals surface area contributed by atoms with Crippen LogP contribution in [0.4, 0.5) is 8.78 Å². The van der Waals surface area contributed by atoms with Gasteiger partial charge in [0.15, 0.2) is 11.3 Å². The van der Waals surface area contributed by atoms with Gasteiger partial charge in [0.05, 0.1) is 0 Å². The van der Waals surface area contributed by atoms with Crippen LogP contribution in [0.25, 0.3) is 21.9 Å². The van der Waals surface area contributed by atoms with Crippen molar-refractivity contribution >= 4 is 27.8 Å². The number of furan rings is 1. The first-order valence-electron chi connectivity index (χ1n) is 10.1. The summed E-state index contributed by atoms with van der Waals surface area (Å²) in [4.78, 5) is 18.8. The fourth-order valence-electron chi connectivity index (χ4n) is 4.38. The number of carbonyl (C=O) groups is 1. The lowest BCUT2D eigenvalue weighted by Gasteiger charge is -2.18. The molecular weight excluding hydrogens is 402 g/mol. The Morgan fingerprint density at radius 3 is 2.87 bits per heavy atom. The second-order valence-corrected chi connectivity index (χ2v) is 7.81. The van der Waals surface area contributed by atoms with Gasteiger partial charge in [-0.05, 0) is 35.7 Å². The van der Waals surface area contributed by atoms with Crippen molar-refractivity contribution in [3.05, 3.63) is 71.5 Å². The van der Waals surface area contributed by atoms with Gasteiger partial charge in [-0.3, -0.25) is 9.78 Å². The van der Waals surface area contributed by atoms with E-state index in [-0.39, 0.29) is 23.2 Å². The average molecular weight is 422 g/mol. The Hall–Kier alpha value is -3.48. The summed E-state index contributed by atoms with van der Waals surface area (Å²) in [5.74, 6) is -0.0353. The number of nitrogens with zero attached hydrogens (tertiary/aromatic N) is 2. The van der Waals surface area contributed by atoms with Crippen LogP contribution in [0.1, 0.15) is 29.0 Å². The Bertz CT molecular complexity index is 1280. The summed E-state index contributed by atoms with van der Waals surface area (Å²) in [6.45, 7) is 0.164. The van der Waals surface area contributed by atoms with Gasteiger partial charge in [-0.15, -0.1) is 0 Å². The highest BCUT2D eigenvalue weighted by atomic mass is 19.3. The van der Waals surface area contributed by atoms with Crippen LogP contribution >= 0.6 is 0 Å². The van der Waals surface area contributed by atoms with Crippen LogP contribution in [0.5, 0.6) is 5.75 Å². The van der Waals surface area contributed by atoms with Crippen molar-refractivity contribution in [2.45, 2.75) is 32.4 Å². The molecule has 1 saturated heterocycles. The molecule has 158 valence electrons. The fraction of sp³-hybridized carbons (Fsp3) is 0.250. The van der Waals surface area contributed by atoms with Crippen molar-refractivity contribution in [1.29, 1.82) is 0 Å². The lowest BCUT2D eigenvalue weighted by atomic mass is 9.93. The Labute approximate surface area is 177 Å². The number of pyridine rings is 1. The Kier molecular flexibility index (Phi) is 4.81. The number of hydrogen-bond donors (Lipinski definition) is 0. The Morgan fingerprint density at radius 2 is 2.06 bits per heavy atom. The second-order valence-electron chi connectivity index (χ2n) is 7.81. The molecule has 2 aromatic carbocycles. The molecule has 0 radical (unpaired) electrons. The van der Waals surface area contributed by atoms with Gasteiger partial charge < -0.3 is 14.1 Å². The lowest BCUT2D eigenvalue weighted by molar-refractivity contribution is -0.128. The van der Waals surface area contributed by atoms with Crippen LogP contribution in [0.3, 0.4) is 0 Å². The third-order valence-electron chi connectivity index (χ3n) is 5.91. The molecule has 4 aromatic rings. The smallest absolute Gasteiger partial charge is 0.387 e. The SMILES string of the molecule is Cc1ccccc1CN1CC(c2ccc(OC(F)F)c3oc4ccncc4c23)CC1=O. The molecule has 3 heterocycles. The molecule has 1 aliphatic heterocycles. The maximum absolute atomic E-state index is 12.9. The van der Waals surface area contributed by atoms with E-state index in [1.165, 1.54) is 6.07 Å². The number of amides is 1. The summed E-state index contributed by atoms with van der Waals surface area (Å²) in [5.41, 5.74) is 3.93. The summed E-state index contributed by atoms with van der Waals surface area (Å²) < 4.78 is 36.4. The predicted octanol–water partition coefficient (Wildman–Crippen LogP) is 5.41. The van der Waals surface area contributed by atoms with Crippen LogP contribution in [0.15, 0.2) is 59.3 Å². The minimum Gasteiger partial charge on any atom is -0.452 e. The second kappa shape index (κ2) is 7.65. The number of halogens is 2. The van der Waals surface area contributed by atoms with Crippen molar-refractivity contribution in [3.63, 3.8) is 0 Å². The van der Waals surface area contributed by atoms with Crippen molar-refractivity contribution in [1.82, 2.24) is 9.88 Å². The van der Waals surface area contributed by atoms with Gasteiger partial charge in [-0.1, -0.05) is 30.3 Å². The summed E-state index contributed by atoms with van der Waals surface area (Å²) in [7, 11) is 0. The third-order valence-corrected chi connectivity index (χ3v) is 5.91. The molecule has 0 bridgehead atoms. The number of rotatable bonds is 5. The number of hydrogen-bond acceptors (Lipinski definition) is 4. The minimum absolute atomic E-state index is 0.0222. The van der Waals surface area contributed by atoms with E-state index in [4.69, 9.17) is 4.42 Å². The number of likely N-dealkylation sites (tertiary alicyclic amines) is 1. The highest BCUT2D eigenvalue weighted by Gasteiger charge is 2.33. The van der Waals surface area contributed by atoms with Crippen LogP contribution in [-0.2, 0) is 11.3 Å². The van der Waals surface area contributed by atoms with E-state index in [1.54, 1.807) is 24.5 Å². The molecule has 7 heteroatoms. The number of alkyl halides is 2. The number of benzene rings is 2. The van der Waals surface area contributed by atoms with Crippen LogP contribution < -0.4 is 4.74 Å². The quantitative estimate of drug-likeness (QED) is 0.432. The van der Waals surface area contributed by atoms with E-state index < -0.39 is 6.61 Å². The summed E-state index contributed by atoms with van der Waals surface area (Å²) >= 11 is 0. The van der Waals surface area contributed by atoms with E-state index in [9.17, 15) is 13.6 Å². The van der Waals surface area contributed by atoms with Gasteiger partial charge in [0.1, 0.15) is 5.58 Å². The molecule has 2 aromatic heterocycles. The molecule has 5 rings (SSSR count). The summed E-state index contributed by atoms with van der Waals surface area (Å²) in [6.07, 6.45) is 3.59. The van der Waals surface area contributed by atoms with E-state index >= 15 is 0 Å². The molecule has 1 fully saturated rings. The maximum atomic E-state index is 12.9. The number of carbonyl (C=O) groups excluding carboxylic acids is 1. The van der Waals surface area contributed by atoms with Gasteiger partial charge in [-0.2, -0.15) is 8.78 Å². The summed E-state index contributed by atoms with van der Waals surface area (Å²) in [5, 5.41) is 1.40. The first kappa shape index (κ1) is 19.5. The standard InChI is InChI=1S/C24H20F2N2O3/c1-14-4-2-3-5-15(14)12-28-13-16(10-21(28)29)17-6-7-20(31-24(25)26)23-22(17)18-11-27-9-8-19(18)30-23/h2-9,11,16,24H,10,12-13H2,1H3. The molecule has 0 saturated carbocycles. The number of ether oxygens (including phenoxy) is 1. The number of aryl methyl sites for hydroxylation is 1. The van der Waals surface area contributed by atoms with Crippen LogP contribution in [0.2, 0.25) is 0 Å². The van der Waals surface area contributed by atoms with Crippen LogP contribution in [0, 0.1) is 6.92 Å². The van der Waals surface area contributed by atoms with E-state index in [0.29, 0.717) is 30.5 Å². The monoisotopic (exact) mass is 422 g/mol. The zero-order chi connectivity index (χ0) is 21.5. The van der Waals surface area contributed by atoms with Gasteiger partial charge in [0.2, 0.25) is 5.91 Å². The number of aromatic nitrogens is 1. The molecule has 1 aliphatic rings. The van der Waals surface area contributed by atoms with E-state index in [0.717, 1.165) is 22.1 Å². The van der Waals surface area contributed by atoms with Crippen molar-refractivity contribution in [2.24, 2.45) is 0 Å². The molecule has 31 heavy (non-hydrogen) atoms. The maximum Gasteiger partial charge on any atom is 0.387 e. The van der Waals surface area contributed by atoms with Crippen LogP contribution in [-0.4, -0.2) is 28.9 Å². The predicted molar refractivity (Wildman–Crippen MR) is 112 cm³/mol. The first-order chi connectivity index (χ1) is 15.0. The topological polar surface area (TPSA) is 55.6 Å². The van der Waals surface area contributed by atoms with Crippen molar-refractivity contribution < 1.29 is 22.7 Å². The highest BCUT2D eigenvalue weighted by Crippen LogP contribution is 2.42. The molecule has 5 nitrogen and oxygen atoms in total. The zero-order valence-electron chi connectivity index (χ0n) is 16.8. The molecular formula is C24H20F2N2O3. The molecule has 1 atom stereocenters. The number of fused-ring (bicyclic) bond motifs is 3. The molecule has 0 spiro atoms. The minimum atomic E-state index is -2.96. The molecule has 1 amide bonds. The highest BCUT2D eigenvalue weighted by molar-refractivity contribution is 6.08. The van der Waals surface area contributed by atoms with Gasteiger partial charge >= 0.3 is 6.61 Å². The third kappa shape index (κ3) is 3.50. The van der Waals surface area contributed by atoms with Crippen molar-refractivity contribution in [3.8, 4) is 5.75 Å². The van der Waals surface area contributed by atoms with Gasteiger partial charge in [-0.25, -0.2) is 0 Å². The first-order valence-corrected chi connectivity index (χ1v) is 10.1. The van der Waals surface area contributed by atoms with Gasteiger partial charge in [0.25, 0.3) is 0 Å². The summed E-state index contributed by atoms with van der Waals surface area (Å²) in [6, 6.07) is 12.9. The van der Waals surface area contributed by atoms with E-state index in [1.807, 2.05) is 36.1 Å². The lowest BCUT2D eigenvalue weighted by Crippen LogP contribution is -2.24. The molecule has 0 N–H and O–H groups in total. The fourth-order valence-corrected chi connectivity index (χ4v) is 4.38. The average Bonchev–Trinajstić information content (AvgIpc) is 3.31. The molecule has 0 aliphatic carbocycles.